The first-order chi connectivity index (χ1) is 8.34. The highest BCUT2D eigenvalue weighted by Crippen LogP contribution is 2.10. The van der Waals surface area contributed by atoms with Gasteiger partial charge in [0.05, 0.1) is 7.05 Å². The van der Waals surface area contributed by atoms with Crippen LogP contribution in [0.3, 0.4) is 0 Å². The fourth-order valence-electron chi connectivity index (χ4n) is 2.29. The molecular weight excluding hydrogens is 335 g/mol. The number of rotatable bonds is 10. The molecule has 3 heteroatoms. The number of imidazole rings is 1. The van der Waals surface area contributed by atoms with Crippen molar-refractivity contribution in [2.75, 3.05) is 0 Å². The Morgan fingerprint density at radius 2 is 1.50 bits per heavy atom. The molecule has 1 rings (SSSR count). The highest BCUT2D eigenvalue weighted by atomic mass is 127. The van der Waals surface area contributed by atoms with Gasteiger partial charge in [0.1, 0.15) is 12.4 Å². The Hall–Kier alpha value is -0.0600. The average Bonchev–Trinajstić information content (AvgIpc) is 2.73. The fourth-order valence-corrected chi connectivity index (χ4v) is 2.29. The van der Waals surface area contributed by atoms with Gasteiger partial charge in [0, 0.05) is 6.42 Å². The predicted molar refractivity (Wildman–Crippen MR) is 72.9 cm³/mol. The summed E-state index contributed by atoms with van der Waals surface area (Å²) in [5, 5.41) is 0. The minimum atomic E-state index is 0. The minimum Gasteiger partial charge on any atom is -1.00 e. The number of unbranched alkanes of at least 4 members (excludes halogenated alkanes) is 8. The van der Waals surface area contributed by atoms with E-state index in [2.05, 4.69) is 29.7 Å². The first-order valence-corrected chi connectivity index (χ1v) is 7.36. The largest absolute Gasteiger partial charge is 1.00 e. The van der Waals surface area contributed by atoms with Crippen LogP contribution < -0.4 is 28.5 Å². The summed E-state index contributed by atoms with van der Waals surface area (Å²) in [5.74, 6) is 1.35. The third-order valence-electron chi connectivity index (χ3n) is 3.49. The third kappa shape index (κ3) is 8.11. The van der Waals surface area contributed by atoms with Crippen LogP contribution in [-0.4, -0.2) is 4.98 Å². The molecule has 0 aliphatic carbocycles. The molecule has 1 aromatic rings. The van der Waals surface area contributed by atoms with E-state index >= 15 is 0 Å². The zero-order valence-corrected chi connectivity index (χ0v) is 14.2. The molecule has 18 heavy (non-hydrogen) atoms. The molecular formula is C15H29IN2. The van der Waals surface area contributed by atoms with Gasteiger partial charge in [-0.3, -0.25) is 0 Å². The topological polar surface area (TPSA) is 19.7 Å². The normalized spacial score (nSPS) is 10.3. The minimum absolute atomic E-state index is 0. The van der Waals surface area contributed by atoms with Gasteiger partial charge in [-0.2, -0.15) is 0 Å². The van der Waals surface area contributed by atoms with Crippen molar-refractivity contribution in [1.82, 2.24) is 4.98 Å². The van der Waals surface area contributed by atoms with E-state index in [1.807, 2.05) is 6.20 Å². The van der Waals surface area contributed by atoms with E-state index < -0.39 is 0 Å². The van der Waals surface area contributed by atoms with Crippen LogP contribution >= 0.6 is 0 Å². The van der Waals surface area contributed by atoms with Crippen molar-refractivity contribution in [2.45, 2.75) is 71.1 Å². The molecule has 0 fully saturated rings. The Kier molecular flexibility index (Phi) is 12.0. The molecule has 1 N–H and O–H groups in total. The van der Waals surface area contributed by atoms with Crippen LogP contribution in [0.25, 0.3) is 0 Å². The van der Waals surface area contributed by atoms with E-state index in [1.54, 1.807) is 0 Å². The number of nitrogens with one attached hydrogen (secondary N) is 1. The van der Waals surface area contributed by atoms with E-state index in [9.17, 15) is 0 Å². The number of halogens is 1. The average molecular weight is 364 g/mol. The van der Waals surface area contributed by atoms with E-state index in [0.717, 1.165) is 0 Å². The molecule has 0 spiro atoms. The Labute approximate surface area is 130 Å². The van der Waals surface area contributed by atoms with Crippen molar-refractivity contribution >= 4 is 0 Å². The highest BCUT2D eigenvalue weighted by molar-refractivity contribution is 4.76. The summed E-state index contributed by atoms with van der Waals surface area (Å²) in [6.07, 6.45) is 17.9. The number of aromatic amines is 1. The van der Waals surface area contributed by atoms with Crippen molar-refractivity contribution in [3.05, 3.63) is 18.2 Å². The summed E-state index contributed by atoms with van der Waals surface area (Å²) in [6, 6.07) is 0. The molecule has 2 nitrogen and oxygen atoms in total. The summed E-state index contributed by atoms with van der Waals surface area (Å²) in [4.78, 5) is 3.29. The molecule has 0 bridgehead atoms. The Balaban J connectivity index is 0.00000289. The maximum Gasteiger partial charge on any atom is 0.253 e. The molecule has 0 amide bonds. The monoisotopic (exact) mass is 364 g/mol. The van der Waals surface area contributed by atoms with Gasteiger partial charge < -0.3 is 24.0 Å². The molecule has 0 radical (unpaired) electrons. The number of nitrogens with zero attached hydrogens (tertiary/aromatic N) is 1. The molecule has 0 saturated carbocycles. The molecule has 0 saturated heterocycles. The summed E-state index contributed by atoms with van der Waals surface area (Å²) in [7, 11) is 2.11. The molecule has 106 valence electrons. The van der Waals surface area contributed by atoms with Gasteiger partial charge in [-0.15, -0.1) is 0 Å². The lowest BCUT2D eigenvalue weighted by Crippen LogP contribution is -3.00. The van der Waals surface area contributed by atoms with Crippen molar-refractivity contribution < 1.29 is 28.5 Å². The van der Waals surface area contributed by atoms with E-state index in [1.165, 1.54) is 70.0 Å². The summed E-state index contributed by atoms with van der Waals surface area (Å²) in [5.41, 5.74) is 0. The third-order valence-corrected chi connectivity index (χ3v) is 3.49. The van der Waals surface area contributed by atoms with E-state index in [-0.39, 0.29) is 24.0 Å². The number of H-pyrrole nitrogens is 1. The highest BCUT2D eigenvalue weighted by Gasteiger charge is 2.04. The molecule has 0 atom stereocenters. The van der Waals surface area contributed by atoms with Crippen LogP contribution in [-0.2, 0) is 13.5 Å². The lowest BCUT2D eigenvalue weighted by Gasteiger charge is -2.00. The van der Waals surface area contributed by atoms with Gasteiger partial charge >= 0.3 is 0 Å². The summed E-state index contributed by atoms with van der Waals surface area (Å²) >= 11 is 0. The number of hydrogen-bond acceptors (Lipinski definition) is 0. The second-order valence-corrected chi connectivity index (χ2v) is 5.10. The zero-order chi connectivity index (χ0) is 12.3. The van der Waals surface area contributed by atoms with Crippen LogP contribution in [0.5, 0.6) is 0 Å². The first kappa shape index (κ1) is 17.9. The van der Waals surface area contributed by atoms with Crippen molar-refractivity contribution in [1.29, 1.82) is 0 Å². The molecule has 0 aliphatic heterocycles. The predicted octanol–water partition coefficient (Wildman–Crippen LogP) is 0.917. The lowest BCUT2D eigenvalue weighted by atomic mass is 10.1. The van der Waals surface area contributed by atoms with E-state index in [4.69, 9.17) is 0 Å². The zero-order valence-electron chi connectivity index (χ0n) is 12.1. The van der Waals surface area contributed by atoms with Gasteiger partial charge in [-0.05, 0) is 6.42 Å². The SMILES string of the molecule is CCCCCCCCCCCc1[nH]cc[n+]1C.[I-]. The summed E-state index contributed by atoms with van der Waals surface area (Å²) in [6.45, 7) is 2.28. The standard InChI is InChI=1S/C15H28N2.HI/c1-3-4-5-6-7-8-9-10-11-12-15-16-13-14-17(15)2;/h13-14H,3-12H2,1-2H3;1H. The second kappa shape index (κ2) is 12.0. The van der Waals surface area contributed by atoms with Crippen LogP contribution in [0.2, 0.25) is 0 Å². The molecule has 0 aliphatic rings. The van der Waals surface area contributed by atoms with Crippen molar-refractivity contribution in [2.24, 2.45) is 7.05 Å². The summed E-state index contributed by atoms with van der Waals surface area (Å²) < 4.78 is 2.19. The maximum absolute atomic E-state index is 3.29. The smallest absolute Gasteiger partial charge is 0.253 e. The first-order valence-electron chi connectivity index (χ1n) is 7.36. The molecule has 0 unspecified atom stereocenters. The quantitative estimate of drug-likeness (QED) is 0.362. The van der Waals surface area contributed by atoms with Crippen LogP contribution in [0, 0.1) is 0 Å². The maximum atomic E-state index is 3.29. The van der Waals surface area contributed by atoms with Crippen molar-refractivity contribution in [3.63, 3.8) is 0 Å². The number of aryl methyl sites for hydroxylation is 2. The van der Waals surface area contributed by atoms with Gasteiger partial charge in [0.2, 0.25) is 0 Å². The Morgan fingerprint density at radius 1 is 0.944 bits per heavy atom. The van der Waals surface area contributed by atoms with Crippen molar-refractivity contribution in [3.8, 4) is 0 Å². The molecule has 1 aromatic heterocycles. The lowest BCUT2D eigenvalue weighted by molar-refractivity contribution is -0.677. The number of aromatic nitrogens is 2. The Bertz CT molecular complexity index is 284. The van der Waals surface area contributed by atoms with E-state index in [0.29, 0.717) is 0 Å². The van der Waals surface area contributed by atoms with Gasteiger partial charge in [-0.1, -0.05) is 58.3 Å². The van der Waals surface area contributed by atoms with Crippen LogP contribution in [0.15, 0.2) is 12.4 Å². The number of hydrogen-bond donors (Lipinski definition) is 1. The van der Waals surface area contributed by atoms with Gasteiger partial charge in [0.15, 0.2) is 0 Å². The molecule has 1 heterocycles. The Morgan fingerprint density at radius 3 is 2.00 bits per heavy atom. The van der Waals surface area contributed by atoms with Gasteiger partial charge in [-0.25, -0.2) is 9.55 Å². The van der Waals surface area contributed by atoms with Gasteiger partial charge in [0.25, 0.3) is 5.82 Å². The molecule has 0 aromatic carbocycles. The van der Waals surface area contributed by atoms with Crippen LogP contribution in [0.1, 0.15) is 70.5 Å². The fraction of sp³-hybridized carbons (Fsp3) is 0.800. The van der Waals surface area contributed by atoms with Crippen LogP contribution in [0.4, 0.5) is 0 Å². The second-order valence-electron chi connectivity index (χ2n) is 5.10.